The molecule has 0 spiro atoms. The van der Waals surface area contributed by atoms with Crippen LogP contribution in [0.3, 0.4) is 0 Å². The summed E-state index contributed by atoms with van der Waals surface area (Å²) in [6, 6.07) is 3.15. The Morgan fingerprint density at radius 2 is 2.25 bits per heavy atom. The van der Waals surface area contributed by atoms with Gasteiger partial charge >= 0.3 is 0 Å². The van der Waals surface area contributed by atoms with Crippen molar-refractivity contribution in [3.05, 3.63) is 36.0 Å². The normalized spacial score (nSPS) is 18.8. The maximum atomic E-state index is 12.0. The molecule has 1 N–H and O–H groups in total. The monoisotopic (exact) mass is 294 g/mol. The highest BCUT2D eigenvalue weighted by Crippen LogP contribution is 2.21. The minimum atomic E-state index is -3.86. The van der Waals surface area contributed by atoms with E-state index in [4.69, 9.17) is 0 Å². The quantitative estimate of drug-likeness (QED) is 0.861. The van der Waals surface area contributed by atoms with E-state index in [-0.39, 0.29) is 17.4 Å². The number of allylic oxidation sites excluding steroid dienone is 2. The summed E-state index contributed by atoms with van der Waals surface area (Å²) in [6.07, 6.45) is 8.47. The molecular formula is C14H18N2O3S. The Bertz CT molecular complexity index is 623. The van der Waals surface area contributed by atoms with Crippen molar-refractivity contribution in [1.29, 1.82) is 0 Å². The third-order valence-electron chi connectivity index (χ3n) is 3.27. The highest BCUT2D eigenvalue weighted by Gasteiger charge is 2.21. The first-order chi connectivity index (χ1) is 9.47. The van der Waals surface area contributed by atoms with Crippen LogP contribution < -0.4 is 4.72 Å². The molecule has 0 radical (unpaired) electrons. The van der Waals surface area contributed by atoms with Crippen molar-refractivity contribution >= 4 is 15.9 Å². The van der Waals surface area contributed by atoms with Gasteiger partial charge < -0.3 is 0 Å². The second-order valence-electron chi connectivity index (χ2n) is 5.05. The van der Waals surface area contributed by atoms with E-state index in [1.54, 1.807) is 13.0 Å². The minimum absolute atomic E-state index is 0.116. The fourth-order valence-electron chi connectivity index (χ4n) is 2.20. The zero-order valence-electron chi connectivity index (χ0n) is 11.4. The van der Waals surface area contributed by atoms with Crippen molar-refractivity contribution in [3.8, 4) is 0 Å². The van der Waals surface area contributed by atoms with Gasteiger partial charge in [0.05, 0.1) is 0 Å². The number of amides is 1. The molecule has 6 heteroatoms. The van der Waals surface area contributed by atoms with Crippen LogP contribution in [0.2, 0.25) is 0 Å². The van der Waals surface area contributed by atoms with E-state index < -0.39 is 15.9 Å². The van der Waals surface area contributed by atoms with Crippen LogP contribution >= 0.6 is 0 Å². The maximum absolute atomic E-state index is 12.0. The van der Waals surface area contributed by atoms with Crippen molar-refractivity contribution in [2.75, 3.05) is 0 Å². The molecule has 0 fully saturated rings. The second kappa shape index (κ2) is 6.17. The lowest BCUT2D eigenvalue weighted by Crippen LogP contribution is -2.32. The van der Waals surface area contributed by atoms with Gasteiger partial charge in [-0.25, -0.2) is 9.71 Å². The largest absolute Gasteiger partial charge is 0.281 e. The summed E-state index contributed by atoms with van der Waals surface area (Å²) in [5.41, 5.74) is 0.783. The topological polar surface area (TPSA) is 76.1 Å². The van der Waals surface area contributed by atoms with Crippen molar-refractivity contribution in [2.45, 2.75) is 37.6 Å². The first-order valence-corrected chi connectivity index (χ1v) is 8.09. The Hall–Kier alpha value is -1.69. The molecule has 1 amide bonds. The number of carbonyl (C=O) groups excluding carboxylic acids is 1. The molecule has 0 aromatic carbocycles. The van der Waals surface area contributed by atoms with Gasteiger partial charge in [-0.1, -0.05) is 12.2 Å². The fraction of sp³-hybridized carbons (Fsp3) is 0.429. The van der Waals surface area contributed by atoms with Crippen LogP contribution in [0.5, 0.6) is 0 Å². The molecule has 0 saturated carbocycles. The molecular weight excluding hydrogens is 276 g/mol. The molecule has 1 aromatic rings. The molecule has 0 saturated heterocycles. The molecule has 1 unspecified atom stereocenters. The summed E-state index contributed by atoms with van der Waals surface area (Å²) in [6.45, 7) is 1.77. The van der Waals surface area contributed by atoms with Gasteiger partial charge in [0.25, 0.3) is 10.0 Å². The molecule has 5 nitrogen and oxygen atoms in total. The highest BCUT2D eigenvalue weighted by atomic mass is 32.2. The van der Waals surface area contributed by atoms with Crippen LogP contribution in [0, 0.1) is 12.8 Å². The predicted octanol–water partition coefficient (Wildman–Crippen LogP) is 1.94. The second-order valence-corrected chi connectivity index (χ2v) is 6.68. The number of sulfonamides is 1. The number of hydrogen-bond acceptors (Lipinski definition) is 4. The van der Waals surface area contributed by atoms with E-state index in [0.717, 1.165) is 24.8 Å². The third-order valence-corrected chi connectivity index (χ3v) is 4.54. The SMILES string of the molecule is Cc1ccnc(S(=O)(=O)NC(=O)CC2CC=CCC2)c1. The summed E-state index contributed by atoms with van der Waals surface area (Å²) >= 11 is 0. The molecule has 1 aliphatic rings. The number of nitrogens with zero attached hydrogens (tertiary/aromatic N) is 1. The molecule has 2 rings (SSSR count). The van der Waals surface area contributed by atoms with E-state index in [2.05, 4.69) is 15.8 Å². The number of aryl methyl sites for hydroxylation is 1. The van der Waals surface area contributed by atoms with Crippen molar-refractivity contribution < 1.29 is 13.2 Å². The number of rotatable bonds is 4. The van der Waals surface area contributed by atoms with Gasteiger partial charge in [0.2, 0.25) is 5.91 Å². The van der Waals surface area contributed by atoms with Crippen molar-refractivity contribution in [2.24, 2.45) is 5.92 Å². The Morgan fingerprint density at radius 1 is 1.45 bits per heavy atom. The van der Waals surface area contributed by atoms with Gasteiger partial charge in [0.1, 0.15) is 0 Å². The Morgan fingerprint density at radius 3 is 2.90 bits per heavy atom. The summed E-state index contributed by atoms with van der Waals surface area (Å²) < 4.78 is 26.1. The average molecular weight is 294 g/mol. The third kappa shape index (κ3) is 3.90. The van der Waals surface area contributed by atoms with Crippen molar-refractivity contribution in [3.63, 3.8) is 0 Å². The van der Waals surface area contributed by atoms with Crippen LogP contribution in [0.1, 0.15) is 31.2 Å². The molecule has 1 atom stereocenters. The number of nitrogens with one attached hydrogen (secondary N) is 1. The zero-order valence-corrected chi connectivity index (χ0v) is 12.2. The number of hydrogen-bond donors (Lipinski definition) is 1. The van der Waals surface area contributed by atoms with Gasteiger partial charge in [-0.3, -0.25) is 4.79 Å². The van der Waals surface area contributed by atoms with Gasteiger partial charge in [0.15, 0.2) is 5.03 Å². The summed E-state index contributed by atoms with van der Waals surface area (Å²) in [7, 11) is -3.86. The zero-order chi connectivity index (χ0) is 14.6. The summed E-state index contributed by atoms with van der Waals surface area (Å²) in [5.74, 6) is -0.241. The fourth-order valence-corrected chi connectivity index (χ4v) is 3.23. The Labute approximate surface area is 119 Å². The number of carbonyl (C=O) groups is 1. The van der Waals surface area contributed by atoms with E-state index in [0.29, 0.717) is 0 Å². The van der Waals surface area contributed by atoms with Crippen LogP contribution in [0.15, 0.2) is 35.5 Å². The predicted molar refractivity (Wildman–Crippen MR) is 75.4 cm³/mol. The van der Waals surface area contributed by atoms with E-state index in [1.165, 1.54) is 12.3 Å². The molecule has 0 bridgehead atoms. The van der Waals surface area contributed by atoms with Gasteiger partial charge in [0, 0.05) is 12.6 Å². The molecule has 1 aromatic heterocycles. The Balaban J connectivity index is 2.01. The molecule has 0 aliphatic heterocycles. The Kier molecular flexibility index (Phi) is 4.54. The highest BCUT2D eigenvalue weighted by molar-refractivity contribution is 7.90. The lowest BCUT2D eigenvalue weighted by atomic mass is 9.91. The van der Waals surface area contributed by atoms with Crippen LogP contribution in [0.25, 0.3) is 0 Å². The average Bonchev–Trinajstić information content (AvgIpc) is 2.39. The van der Waals surface area contributed by atoms with Gasteiger partial charge in [-0.15, -0.1) is 0 Å². The van der Waals surface area contributed by atoms with E-state index in [9.17, 15) is 13.2 Å². The molecule has 1 heterocycles. The maximum Gasteiger partial charge on any atom is 0.281 e. The van der Waals surface area contributed by atoms with E-state index in [1.807, 2.05) is 6.08 Å². The van der Waals surface area contributed by atoms with Gasteiger partial charge in [-0.05, 0) is 49.8 Å². The first-order valence-electron chi connectivity index (χ1n) is 6.60. The molecule has 20 heavy (non-hydrogen) atoms. The summed E-state index contributed by atoms with van der Waals surface area (Å²) in [4.78, 5) is 15.6. The first kappa shape index (κ1) is 14.7. The lowest BCUT2D eigenvalue weighted by Gasteiger charge is -2.16. The van der Waals surface area contributed by atoms with Crippen LogP contribution in [-0.2, 0) is 14.8 Å². The summed E-state index contributed by atoms with van der Waals surface area (Å²) in [5, 5.41) is -0.116. The van der Waals surface area contributed by atoms with Crippen molar-refractivity contribution in [1.82, 2.24) is 9.71 Å². The standard InChI is InChI=1S/C14H18N2O3S/c1-11-7-8-15-14(9-11)20(18,19)16-13(17)10-12-5-3-2-4-6-12/h2-3,7-9,12H,4-6,10H2,1H3,(H,16,17). The lowest BCUT2D eigenvalue weighted by molar-refractivity contribution is -0.120. The van der Waals surface area contributed by atoms with Crippen LogP contribution in [0.4, 0.5) is 0 Å². The minimum Gasteiger partial charge on any atom is -0.274 e. The molecule has 108 valence electrons. The molecule has 1 aliphatic carbocycles. The van der Waals surface area contributed by atoms with Crippen LogP contribution in [-0.4, -0.2) is 19.3 Å². The van der Waals surface area contributed by atoms with Gasteiger partial charge in [-0.2, -0.15) is 8.42 Å². The number of aromatic nitrogens is 1. The van der Waals surface area contributed by atoms with E-state index >= 15 is 0 Å². The number of pyridine rings is 1. The smallest absolute Gasteiger partial charge is 0.274 e.